The van der Waals surface area contributed by atoms with Crippen LogP contribution in [0.2, 0.25) is 0 Å². The van der Waals surface area contributed by atoms with Gasteiger partial charge in [-0.3, -0.25) is 0 Å². The molecule has 0 aliphatic carbocycles. The fourth-order valence-corrected chi connectivity index (χ4v) is 0. The Kier molecular flexibility index (Phi) is 45.2. The van der Waals surface area contributed by atoms with Gasteiger partial charge >= 0.3 is 43.8 Å². The second-order valence-electron chi connectivity index (χ2n) is 0.568. The second kappa shape index (κ2) is 16.1. The van der Waals surface area contributed by atoms with Crippen molar-refractivity contribution in [1.82, 2.24) is 0 Å². The Hall–Kier alpha value is 2.21. The van der Waals surface area contributed by atoms with Crippen LogP contribution in [0.25, 0.3) is 0 Å². The van der Waals surface area contributed by atoms with Gasteiger partial charge in [0.25, 0.3) is 0 Å². The van der Waals surface area contributed by atoms with E-state index in [-0.39, 0.29) is 65.6 Å². The fourth-order valence-electron chi connectivity index (χ4n) is 0. The number of hydrogen-bond donors (Lipinski definition) is 0. The Morgan fingerprint density at radius 3 is 1.75 bits per heavy atom. The maximum absolute atomic E-state index is 9.73. The molecule has 0 spiro atoms. The molecule has 0 aromatic rings. The topological polar surface area (TPSA) is 17.1 Å². The van der Waals surface area contributed by atoms with Crippen LogP contribution in [0.5, 0.6) is 0 Å². The fraction of sp³-hybridized carbons (Fsp3) is 0. The zero-order chi connectivity index (χ0) is 4.28. The molecule has 0 aliphatic rings. The summed E-state index contributed by atoms with van der Waals surface area (Å²) in [6.45, 7) is 3.23. The largest absolute Gasteiger partial charge is 0 e. The zero-order valence-electron chi connectivity index (χ0n) is 3.60. The summed E-state index contributed by atoms with van der Waals surface area (Å²) in [6.07, 6.45) is 1.32. The SMILES string of the molecule is C=C[C](=O)[Sn].[Ag].[Au].[Cu]. The number of allylic oxidation sites excluding steroid dienone is 1. The van der Waals surface area contributed by atoms with E-state index in [9.17, 15) is 4.79 Å². The van der Waals surface area contributed by atoms with Gasteiger partial charge in [0.1, 0.15) is 0 Å². The van der Waals surface area contributed by atoms with E-state index in [1.807, 2.05) is 0 Å². The van der Waals surface area contributed by atoms with Crippen LogP contribution in [-0.4, -0.2) is 26.3 Å². The van der Waals surface area contributed by atoms with E-state index in [0.29, 0.717) is 0 Å². The number of hydrogen-bond acceptors (Lipinski definition) is 1. The molecular formula is C3H3AgAuCuOSn. The summed E-state index contributed by atoms with van der Waals surface area (Å²) in [5, 5.41) is 0. The molecule has 0 saturated carbocycles. The molecule has 0 aromatic heterocycles. The van der Waals surface area contributed by atoms with E-state index < -0.39 is 0 Å². The van der Waals surface area contributed by atoms with Crippen LogP contribution >= 0.6 is 0 Å². The van der Waals surface area contributed by atoms with Crippen LogP contribution < -0.4 is 0 Å². The van der Waals surface area contributed by atoms with Gasteiger partial charge in [0, 0.05) is 61.8 Å². The number of carbonyl (C=O) groups is 1. The Labute approximate surface area is 104 Å². The third-order valence-corrected chi connectivity index (χ3v) is 0.768. The molecule has 0 heterocycles. The average Bonchev–Trinajstić information content (AvgIpc) is 1.38. The smallest absolute Gasteiger partial charge is 0 e. The molecule has 58 valence electrons. The Morgan fingerprint density at radius 1 is 1.62 bits per heavy atom. The van der Waals surface area contributed by atoms with Crippen LogP contribution in [0.4, 0.5) is 0 Å². The van der Waals surface area contributed by atoms with Crippen molar-refractivity contribution in [2.75, 3.05) is 0 Å². The normalized spacial score (nSPS) is 4.12. The quantitative estimate of drug-likeness (QED) is 0.334. The third-order valence-electron chi connectivity index (χ3n) is 0.185. The summed E-state index contributed by atoms with van der Waals surface area (Å²) in [6, 6.07) is 0. The van der Waals surface area contributed by atoms with Gasteiger partial charge < -0.3 is 0 Å². The standard InChI is InChI=1S/C3H3O.Ag.Au.Cu.Sn/c1-2-3-4;;;;/h2H,1H2;;;;. The van der Waals surface area contributed by atoms with Crippen LogP contribution in [0, 0.1) is 0 Å². The monoisotopic (exact) mass is 542 g/mol. The maximum Gasteiger partial charge on any atom is 0 e. The van der Waals surface area contributed by atoms with Crippen LogP contribution in [-0.2, 0) is 66.6 Å². The summed E-state index contributed by atoms with van der Waals surface area (Å²) in [7, 11) is 0. The van der Waals surface area contributed by atoms with Crippen molar-refractivity contribution >= 4 is 26.3 Å². The molecule has 6 radical (unpaired) electrons. The first kappa shape index (κ1) is 22.5. The molecule has 0 unspecified atom stereocenters. The van der Waals surface area contributed by atoms with E-state index in [0.717, 1.165) is 22.5 Å². The summed E-state index contributed by atoms with van der Waals surface area (Å²) in [4.78, 5) is 9.73. The van der Waals surface area contributed by atoms with Crippen molar-refractivity contribution < 1.29 is 66.6 Å². The van der Waals surface area contributed by atoms with Crippen molar-refractivity contribution in [3.8, 4) is 0 Å². The summed E-state index contributed by atoms with van der Waals surface area (Å²) in [5.74, 6) is 0. The van der Waals surface area contributed by atoms with Crippen molar-refractivity contribution in [1.29, 1.82) is 0 Å². The minimum atomic E-state index is 0. The first-order chi connectivity index (χ1) is 2.27. The van der Waals surface area contributed by atoms with Gasteiger partial charge in [0.15, 0.2) is 0 Å². The predicted octanol–water partition coefficient (Wildman–Crippen LogP) is -0.140. The molecule has 0 amide bonds. The molecule has 0 N–H and O–H groups in total. The maximum atomic E-state index is 9.73. The van der Waals surface area contributed by atoms with E-state index in [1.165, 1.54) is 6.08 Å². The molecule has 0 saturated heterocycles. The molecule has 0 aromatic carbocycles. The summed E-state index contributed by atoms with van der Waals surface area (Å²) in [5.41, 5.74) is 0. The Bertz CT molecular complexity index is 70.3. The van der Waals surface area contributed by atoms with E-state index in [4.69, 9.17) is 0 Å². The molecule has 0 rings (SSSR count). The number of carbonyl (C=O) groups excluding carboxylic acids is 1. The molecule has 0 atom stereocenters. The van der Waals surface area contributed by atoms with Crippen molar-refractivity contribution in [3.05, 3.63) is 12.7 Å². The minimum Gasteiger partial charge on any atom is 0 e. The van der Waals surface area contributed by atoms with Gasteiger partial charge in [-0.1, -0.05) is 0 Å². The first-order valence-electron chi connectivity index (χ1n) is 1.15. The van der Waals surface area contributed by atoms with Crippen molar-refractivity contribution in [2.45, 2.75) is 0 Å². The first-order valence-corrected chi connectivity index (χ1v) is 2.58. The predicted molar refractivity (Wildman–Crippen MR) is 21.0 cm³/mol. The molecular weight excluding hydrogens is 539 g/mol. The average molecular weight is 542 g/mol. The summed E-state index contributed by atoms with van der Waals surface area (Å²) >= 11 is 0.913. The molecule has 8 heavy (non-hydrogen) atoms. The summed E-state index contributed by atoms with van der Waals surface area (Å²) < 4.78 is 0.109. The Morgan fingerprint density at radius 2 is 1.75 bits per heavy atom. The zero-order valence-corrected chi connectivity index (χ0v) is 11.0. The Balaban J connectivity index is -0.0000000267. The molecule has 5 heteroatoms. The number of rotatable bonds is 1. The minimum absolute atomic E-state index is 0. The van der Waals surface area contributed by atoms with Gasteiger partial charge in [-0.2, -0.15) is 0 Å². The van der Waals surface area contributed by atoms with Gasteiger partial charge in [-0.15, -0.1) is 0 Å². The van der Waals surface area contributed by atoms with Gasteiger partial charge in [0.2, 0.25) is 0 Å². The second-order valence-corrected chi connectivity index (χ2v) is 1.97. The van der Waals surface area contributed by atoms with Gasteiger partial charge in [-0.25, -0.2) is 0 Å². The molecule has 1 nitrogen and oxygen atoms in total. The molecule has 0 aliphatic heterocycles. The van der Waals surface area contributed by atoms with Gasteiger partial charge in [-0.05, 0) is 0 Å². The van der Waals surface area contributed by atoms with Crippen molar-refractivity contribution in [2.24, 2.45) is 0 Å². The van der Waals surface area contributed by atoms with Crippen LogP contribution in [0.3, 0.4) is 0 Å². The van der Waals surface area contributed by atoms with E-state index in [1.54, 1.807) is 0 Å². The molecule has 0 fully saturated rings. The van der Waals surface area contributed by atoms with Crippen molar-refractivity contribution in [3.63, 3.8) is 0 Å². The molecule has 0 bridgehead atoms. The van der Waals surface area contributed by atoms with E-state index in [2.05, 4.69) is 6.58 Å². The van der Waals surface area contributed by atoms with E-state index >= 15 is 0 Å². The third kappa shape index (κ3) is 24.1. The van der Waals surface area contributed by atoms with Gasteiger partial charge in [0.05, 0.1) is 0 Å². The van der Waals surface area contributed by atoms with Crippen LogP contribution in [0.1, 0.15) is 0 Å². The van der Waals surface area contributed by atoms with Crippen LogP contribution in [0.15, 0.2) is 12.7 Å².